The molecule has 0 unspecified atom stereocenters. The highest BCUT2D eigenvalue weighted by molar-refractivity contribution is 4.96. The van der Waals surface area contributed by atoms with Gasteiger partial charge < -0.3 is 45.5 Å². The van der Waals surface area contributed by atoms with Crippen molar-refractivity contribution in [1.29, 1.82) is 0 Å². The summed E-state index contributed by atoms with van der Waals surface area (Å²) in [4.78, 5) is 0. The Bertz CT molecular complexity index is 381. The van der Waals surface area contributed by atoms with E-state index in [2.05, 4.69) is 0 Å². The number of aliphatic hydroxyl groups excluding tert-OH is 5. The molecule has 22 heavy (non-hydrogen) atoms. The van der Waals surface area contributed by atoms with E-state index in [4.69, 9.17) is 25.1 Å². The van der Waals surface area contributed by atoms with Crippen LogP contribution in [0.3, 0.4) is 0 Å². The average molecular weight is 323 g/mol. The van der Waals surface area contributed by atoms with Gasteiger partial charge in [-0.2, -0.15) is 0 Å². The van der Waals surface area contributed by atoms with Crippen molar-refractivity contribution in [2.24, 2.45) is 5.73 Å². The molecule has 2 aliphatic heterocycles. The summed E-state index contributed by atoms with van der Waals surface area (Å²) in [5, 5.41) is 48.7. The number of hydrogen-bond donors (Lipinski definition) is 6. The highest BCUT2D eigenvalue weighted by Crippen LogP contribution is 2.31. The third-order valence-electron chi connectivity index (χ3n) is 4.24. The lowest BCUT2D eigenvalue weighted by atomic mass is 9.86. The van der Waals surface area contributed by atoms with Crippen LogP contribution in [0.25, 0.3) is 0 Å². The Morgan fingerprint density at radius 2 is 1.82 bits per heavy atom. The number of aliphatic hydroxyl groups is 5. The lowest BCUT2D eigenvalue weighted by Gasteiger charge is -2.46. The highest BCUT2D eigenvalue weighted by atomic mass is 16.7. The molecule has 2 heterocycles. The van der Waals surface area contributed by atoms with Gasteiger partial charge in [0.1, 0.15) is 24.4 Å². The first-order chi connectivity index (χ1) is 10.2. The summed E-state index contributed by atoms with van der Waals surface area (Å²) >= 11 is 0. The molecule has 9 heteroatoms. The van der Waals surface area contributed by atoms with Crippen molar-refractivity contribution in [3.63, 3.8) is 0 Å². The van der Waals surface area contributed by atoms with Gasteiger partial charge in [-0.15, -0.1) is 0 Å². The van der Waals surface area contributed by atoms with E-state index in [0.717, 1.165) is 0 Å². The molecule has 0 amide bonds. The van der Waals surface area contributed by atoms with Crippen LogP contribution in [-0.2, 0) is 14.2 Å². The maximum atomic E-state index is 10.0. The maximum Gasteiger partial charge on any atom is 0.184 e. The predicted molar refractivity (Wildman–Crippen MR) is 72.4 cm³/mol. The summed E-state index contributed by atoms with van der Waals surface area (Å²) in [6.45, 7) is 2.73. The van der Waals surface area contributed by atoms with E-state index in [-0.39, 0.29) is 6.42 Å². The number of rotatable bonds is 3. The van der Waals surface area contributed by atoms with Crippen LogP contribution in [0.2, 0.25) is 0 Å². The topological polar surface area (TPSA) is 155 Å². The monoisotopic (exact) mass is 323 g/mol. The van der Waals surface area contributed by atoms with Crippen LogP contribution in [0.15, 0.2) is 0 Å². The van der Waals surface area contributed by atoms with Gasteiger partial charge in [-0.25, -0.2) is 0 Å². The number of nitrogens with two attached hydrogens (primary N) is 1. The summed E-state index contributed by atoms with van der Waals surface area (Å²) in [7, 11) is 0. The zero-order chi connectivity index (χ0) is 16.7. The van der Waals surface area contributed by atoms with Crippen molar-refractivity contribution in [1.82, 2.24) is 0 Å². The largest absolute Gasteiger partial charge is 0.394 e. The fourth-order valence-electron chi connectivity index (χ4n) is 2.85. The first-order valence-corrected chi connectivity index (χ1v) is 7.25. The van der Waals surface area contributed by atoms with E-state index in [9.17, 15) is 20.4 Å². The molecule has 9 nitrogen and oxygen atoms in total. The molecule has 9 atom stereocenters. The minimum absolute atomic E-state index is 0.133. The quantitative estimate of drug-likeness (QED) is 0.319. The van der Waals surface area contributed by atoms with E-state index in [1.165, 1.54) is 0 Å². The second-order valence-corrected chi connectivity index (χ2v) is 6.26. The fourth-order valence-corrected chi connectivity index (χ4v) is 2.85. The molecular weight excluding hydrogens is 298 g/mol. The molecule has 2 saturated heterocycles. The molecular formula is C13H25NO8. The first kappa shape index (κ1) is 18.0. The van der Waals surface area contributed by atoms with Crippen molar-refractivity contribution < 1.29 is 39.7 Å². The van der Waals surface area contributed by atoms with Crippen LogP contribution in [0, 0.1) is 0 Å². The SMILES string of the molecule is C[C@@H]1O[C@@H](O[C@@H]2[C@@H](O)[C@H](O)[C@H](CO)O[C@H]2O)C[C@](C)(N)[C@@H]1O. The van der Waals surface area contributed by atoms with E-state index in [1.54, 1.807) is 13.8 Å². The summed E-state index contributed by atoms with van der Waals surface area (Å²) in [6, 6.07) is 0. The molecule has 0 saturated carbocycles. The normalized spacial score (nSPS) is 53.5. The standard InChI is InChI=1S/C13H25NO8/c1-5-11(18)13(2,14)3-7(20-5)22-10-9(17)8(16)6(4-15)21-12(10)19/h5-12,15-19H,3-4,14H2,1-2H3/t5-,6-,7-,8+,9-,10+,11+,12+,13-/m0/s1. The molecule has 2 aliphatic rings. The van der Waals surface area contributed by atoms with Crippen molar-refractivity contribution in [3.8, 4) is 0 Å². The summed E-state index contributed by atoms with van der Waals surface area (Å²) in [6.07, 6.45) is -9.00. The Hall–Kier alpha value is -0.360. The molecule has 0 radical (unpaired) electrons. The zero-order valence-corrected chi connectivity index (χ0v) is 12.6. The van der Waals surface area contributed by atoms with Crippen molar-refractivity contribution in [2.45, 2.75) is 75.0 Å². The fraction of sp³-hybridized carbons (Fsp3) is 1.00. The van der Waals surface area contributed by atoms with E-state index in [1.807, 2.05) is 0 Å². The number of hydrogen-bond acceptors (Lipinski definition) is 9. The minimum Gasteiger partial charge on any atom is -0.394 e. The van der Waals surface area contributed by atoms with Gasteiger partial charge in [0.25, 0.3) is 0 Å². The van der Waals surface area contributed by atoms with Crippen molar-refractivity contribution in [3.05, 3.63) is 0 Å². The minimum atomic E-state index is -1.54. The molecule has 130 valence electrons. The highest BCUT2D eigenvalue weighted by Gasteiger charge is 2.48. The molecule has 0 aliphatic carbocycles. The van der Waals surface area contributed by atoms with Crippen LogP contribution < -0.4 is 5.73 Å². The van der Waals surface area contributed by atoms with E-state index < -0.39 is 61.3 Å². The molecule has 2 rings (SSSR count). The average Bonchev–Trinajstić information content (AvgIpc) is 2.44. The predicted octanol–water partition coefficient (Wildman–Crippen LogP) is -2.98. The van der Waals surface area contributed by atoms with Crippen LogP contribution in [0.4, 0.5) is 0 Å². The Morgan fingerprint density at radius 1 is 1.18 bits per heavy atom. The van der Waals surface area contributed by atoms with Gasteiger partial charge in [-0.3, -0.25) is 0 Å². The zero-order valence-electron chi connectivity index (χ0n) is 12.6. The van der Waals surface area contributed by atoms with Crippen molar-refractivity contribution in [2.75, 3.05) is 6.61 Å². The lowest BCUT2D eigenvalue weighted by Crippen LogP contribution is -2.63. The molecule has 2 fully saturated rings. The number of ether oxygens (including phenoxy) is 3. The van der Waals surface area contributed by atoms with Crippen molar-refractivity contribution >= 4 is 0 Å². The Kier molecular flexibility index (Phi) is 5.42. The van der Waals surface area contributed by atoms with Gasteiger partial charge in [0.15, 0.2) is 12.6 Å². The van der Waals surface area contributed by atoms with Crippen LogP contribution >= 0.6 is 0 Å². The van der Waals surface area contributed by atoms with Gasteiger partial charge in [-0.05, 0) is 13.8 Å². The molecule has 0 spiro atoms. The molecule has 7 N–H and O–H groups in total. The van der Waals surface area contributed by atoms with Gasteiger partial charge in [0, 0.05) is 12.0 Å². The third-order valence-corrected chi connectivity index (χ3v) is 4.24. The second-order valence-electron chi connectivity index (χ2n) is 6.26. The molecule has 0 bridgehead atoms. The maximum absolute atomic E-state index is 10.0. The Balaban J connectivity index is 2.04. The Morgan fingerprint density at radius 3 is 2.36 bits per heavy atom. The first-order valence-electron chi connectivity index (χ1n) is 7.25. The van der Waals surface area contributed by atoms with Gasteiger partial charge in [0.2, 0.25) is 0 Å². The van der Waals surface area contributed by atoms with Gasteiger partial charge in [0.05, 0.1) is 18.8 Å². The van der Waals surface area contributed by atoms with Crippen LogP contribution in [0.5, 0.6) is 0 Å². The van der Waals surface area contributed by atoms with E-state index in [0.29, 0.717) is 0 Å². The molecule has 0 aromatic carbocycles. The van der Waals surface area contributed by atoms with Gasteiger partial charge in [-0.1, -0.05) is 0 Å². The third kappa shape index (κ3) is 3.42. The molecule has 0 aromatic rings. The molecule has 0 aromatic heterocycles. The summed E-state index contributed by atoms with van der Waals surface area (Å²) in [5.74, 6) is 0. The second kappa shape index (κ2) is 6.63. The van der Waals surface area contributed by atoms with Crippen LogP contribution in [-0.4, -0.2) is 86.9 Å². The summed E-state index contributed by atoms with van der Waals surface area (Å²) in [5.41, 5.74) is 5.04. The smallest absolute Gasteiger partial charge is 0.184 e. The van der Waals surface area contributed by atoms with Crippen LogP contribution in [0.1, 0.15) is 20.3 Å². The lowest BCUT2D eigenvalue weighted by molar-refractivity contribution is -0.339. The van der Waals surface area contributed by atoms with Gasteiger partial charge >= 0.3 is 0 Å². The Labute approximate surface area is 128 Å². The summed E-state index contributed by atoms with van der Waals surface area (Å²) < 4.78 is 16.0. The van der Waals surface area contributed by atoms with E-state index >= 15 is 0 Å².